The maximum absolute atomic E-state index is 12.8. The summed E-state index contributed by atoms with van der Waals surface area (Å²) in [6.07, 6.45) is 3.86. The zero-order valence-corrected chi connectivity index (χ0v) is 19.3. The summed E-state index contributed by atoms with van der Waals surface area (Å²) in [5.41, 5.74) is 0.455. The van der Waals surface area contributed by atoms with Gasteiger partial charge in [-0.05, 0) is 57.9 Å². The van der Waals surface area contributed by atoms with E-state index in [4.69, 9.17) is 4.74 Å². The predicted molar refractivity (Wildman–Crippen MR) is 129 cm³/mol. The maximum atomic E-state index is 12.8. The molecule has 0 unspecified atom stereocenters. The topological polar surface area (TPSA) is 102 Å². The molecule has 0 aliphatic heterocycles. The number of hydrogen-bond donors (Lipinski definition) is 2. The number of unbranched alkanes of at least 4 members (excludes halogenated alkanes) is 2. The fourth-order valence-corrected chi connectivity index (χ4v) is 3.31. The van der Waals surface area contributed by atoms with Crippen LogP contribution in [0.2, 0.25) is 0 Å². The summed E-state index contributed by atoms with van der Waals surface area (Å²) in [7, 11) is 0. The van der Waals surface area contributed by atoms with Gasteiger partial charge < -0.3 is 15.4 Å². The maximum Gasteiger partial charge on any atom is 0.407 e. The molecule has 0 saturated heterocycles. The molecule has 0 atom stereocenters. The summed E-state index contributed by atoms with van der Waals surface area (Å²) >= 11 is 0. The van der Waals surface area contributed by atoms with Gasteiger partial charge in [-0.25, -0.2) is 4.79 Å². The Hall–Kier alpha value is -3.68. The Morgan fingerprint density at radius 1 is 1.03 bits per heavy atom. The van der Waals surface area contributed by atoms with Gasteiger partial charge in [0.25, 0.3) is 5.56 Å². The van der Waals surface area contributed by atoms with Crippen molar-refractivity contribution in [3.63, 3.8) is 0 Å². The molecule has 3 rings (SSSR count). The van der Waals surface area contributed by atoms with E-state index in [0.717, 1.165) is 18.2 Å². The van der Waals surface area contributed by atoms with Gasteiger partial charge in [0.05, 0.1) is 17.3 Å². The van der Waals surface area contributed by atoms with Crippen molar-refractivity contribution in [3.8, 4) is 5.69 Å². The van der Waals surface area contributed by atoms with E-state index in [1.54, 1.807) is 36.5 Å². The van der Waals surface area contributed by atoms with E-state index in [9.17, 15) is 14.4 Å². The lowest BCUT2D eigenvalue weighted by atomic mass is 10.2. The number of aromatic nitrogens is 2. The molecular weight excluding hydrogens is 420 g/mol. The number of carbonyl (C=O) groups is 2. The van der Waals surface area contributed by atoms with Gasteiger partial charge in [0, 0.05) is 24.0 Å². The number of amides is 2. The number of alkyl carbamates (subject to hydrolysis) is 1. The zero-order valence-electron chi connectivity index (χ0n) is 19.3. The van der Waals surface area contributed by atoms with Crippen molar-refractivity contribution in [1.29, 1.82) is 0 Å². The van der Waals surface area contributed by atoms with E-state index in [-0.39, 0.29) is 11.5 Å². The van der Waals surface area contributed by atoms with Crippen LogP contribution in [0.1, 0.15) is 46.5 Å². The molecule has 2 N–H and O–H groups in total. The molecule has 3 aromatic rings. The summed E-state index contributed by atoms with van der Waals surface area (Å²) in [4.78, 5) is 36.7. The lowest BCUT2D eigenvalue weighted by Gasteiger charge is -2.19. The Morgan fingerprint density at radius 3 is 2.61 bits per heavy atom. The SMILES string of the molecule is CC(C)(C)OC(=O)NCCCCCC(=O)Nc1cccc(-n2ncc3ccccc3c2=O)c1. The molecule has 0 fully saturated rings. The Bertz CT molecular complexity index is 1180. The summed E-state index contributed by atoms with van der Waals surface area (Å²) in [5.74, 6) is -0.105. The highest BCUT2D eigenvalue weighted by Gasteiger charge is 2.15. The number of rotatable bonds is 8. The third-order valence-electron chi connectivity index (χ3n) is 4.82. The predicted octanol–water partition coefficient (Wildman–Crippen LogP) is 4.41. The van der Waals surface area contributed by atoms with Crippen molar-refractivity contribution in [3.05, 3.63) is 65.1 Å². The van der Waals surface area contributed by atoms with Crippen LogP contribution in [0.4, 0.5) is 10.5 Å². The Kier molecular flexibility index (Phi) is 7.82. The Balaban J connectivity index is 1.48. The van der Waals surface area contributed by atoms with Gasteiger partial charge in [0.1, 0.15) is 5.60 Å². The van der Waals surface area contributed by atoms with Gasteiger partial charge in [-0.3, -0.25) is 9.59 Å². The molecule has 2 aromatic carbocycles. The number of nitrogens with zero attached hydrogens (tertiary/aromatic N) is 2. The molecule has 0 aliphatic carbocycles. The molecule has 1 aromatic heterocycles. The smallest absolute Gasteiger partial charge is 0.407 e. The van der Waals surface area contributed by atoms with E-state index in [1.165, 1.54) is 4.68 Å². The fourth-order valence-electron chi connectivity index (χ4n) is 3.31. The van der Waals surface area contributed by atoms with E-state index < -0.39 is 11.7 Å². The summed E-state index contributed by atoms with van der Waals surface area (Å²) in [6.45, 7) is 5.96. The second-order valence-electron chi connectivity index (χ2n) is 8.79. The second kappa shape index (κ2) is 10.8. The molecule has 1 heterocycles. The van der Waals surface area contributed by atoms with Gasteiger partial charge in [0.2, 0.25) is 5.91 Å². The average molecular weight is 451 g/mol. The number of carbonyl (C=O) groups excluding carboxylic acids is 2. The molecule has 2 amide bonds. The van der Waals surface area contributed by atoms with Crippen molar-refractivity contribution in [1.82, 2.24) is 15.1 Å². The monoisotopic (exact) mass is 450 g/mol. The summed E-state index contributed by atoms with van der Waals surface area (Å²) in [5, 5.41) is 11.2. The molecule has 0 radical (unpaired) electrons. The largest absolute Gasteiger partial charge is 0.444 e. The van der Waals surface area contributed by atoms with Crippen LogP contribution in [0.5, 0.6) is 0 Å². The van der Waals surface area contributed by atoms with Crippen LogP contribution in [0.25, 0.3) is 16.5 Å². The number of benzene rings is 2. The van der Waals surface area contributed by atoms with Gasteiger partial charge >= 0.3 is 6.09 Å². The highest BCUT2D eigenvalue weighted by atomic mass is 16.6. The average Bonchev–Trinajstić information content (AvgIpc) is 2.75. The van der Waals surface area contributed by atoms with Crippen LogP contribution in [-0.4, -0.2) is 33.9 Å². The third kappa shape index (κ3) is 7.17. The molecular formula is C25H30N4O4. The second-order valence-corrected chi connectivity index (χ2v) is 8.79. The first-order chi connectivity index (χ1) is 15.7. The molecule has 0 aliphatic rings. The minimum atomic E-state index is -0.516. The molecule has 174 valence electrons. The highest BCUT2D eigenvalue weighted by molar-refractivity contribution is 5.91. The van der Waals surface area contributed by atoms with Crippen LogP contribution in [-0.2, 0) is 9.53 Å². The Morgan fingerprint density at radius 2 is 1.82 bits per heavy atom. The van der Waals surface area contributed by atoms with Crippen LogP contribution in [0.3, 0.4) is 0 Å². The van der Waals surface area contributed by atoms with Crippen molar-refractivity contribution in [2.45, 2.75) is 52.1 Å². The van der Waals surface area contributed by atoms with Crippen molar-refractivity contribution in [2.75, 3.05) is 11.9 Å². The van der Waals surface area contributed by atoms with E-state index in [1.807, 2.05) is 39.0 Å². The quantitative estimate of drug-likeness (QED) is 0.495. The van der Waals surface area contributed by atoms with E-state index in [2.05, 4.69) is 15.7 Å². The van der Waals surface area contributed by atoms with Crippen molar-refractivity contribution >= 4 is 28.5 Å². The van der Waals surface area contributed by atoms with E-state index in [0.29, 0.717) is 36.1 Å². The van der Waals surface area contributed by atoms with Gasteiger partial charge in [-0.1, -0.05) is 30.7 Å². The fraction of sp³-hybridized carbons (Fsp3) is 0.360. The van der Waals surface area contributed by atoms with Crippen LogP contribution < -0.4 is 16.2 Å². The summed E-state index contributed by atoms with van der Waals surface area (Å²) < 4.78 is 6.51. The van der Waals surface area contributed by atoms with Crippen molar-refractivity contribution < 1.29 is 14.3 Å². The molecule has 0 saturated carbocycles. The molecule has 8 nitrogen and oxygen atoms in total. The standard InChI is InChI=1S/C25H30N4O4/c1-25(2,3)33-24(32)26-15-8-4-5-14-22(30)28-19-11-9-12-20(16-19)29-23(31)21-13-7-6-10-18(21)17-27-29/h6-7,9-13,16-17H,4-5,8,14-15H2,1-3H3,(H,26,32)(H,28,30). The molecule has 8 heteroatoms. The number of anilines is 1. The van der Waals surface area contributed by atoms with Gasteiger partial charge in [-0.2, -0.15) is 9.78 Å². The molecule has 33 heavy (non-hydrogen) atoms. The lowest BCUT2D eigenvalue weighted by molar-refractivity contribution is -0.116. The minimum Gasteiger partial charge on any atom is -0.444 e. The molecule has 0 bridgehead atoms. The van der Waals surface area contributed by atoms with E-state index >= 15 is 0 Å². The van der Waals surface area contributed by atoms with Crippen LogP contribution in [0, 0.1) is 0 Å². The van der Waals surface area contributed by atoms with Crippen LogP contribution >= 0.6 is 0 Å². The minimum absolute atomic E-state index is 0.105. The highest BCUT2D eigenvalue weighted by Crippen LogP contribution is 2.15. The number of hydrogen-bond acceptors (Lipinski definition) is 5. The number of nitrogens with one attached hydrogen (secondary N) is 2. The van der Waals surface area contributed by atoms with Gasteiger partial charge in [0.15, 0.2) is 0 Å². The molecule has 0 spiro atoms. The normalized spacial score (nSPS) is 11.2. The number of ether oxygens (including phenoxy) is 1. The third-order valence-corrected chi connectivity index (χ3v) is 4.82. The van der Waals surface area contributed by atoms with Crippen molar-refractivity contribution in [2.24, 2.45) is 0 Å². The van der Waals surface area contributed by atoms with Gasteiger partial charge in [-0.15, -0.1) is 0 Å². The van der Waals surface area contributed by atoms with Crippen LogP contribution in [0.15, 0.2) is 59.5 Å². The zero-order chi connectivity index (χ0) is 23.8. The first kappa shape index (κ1) is 24.0. The lowest BCUT2D eigenvalue weighted by Crippen LogP contribution is -2.33. The first-order valence-electron chi connectivity index (χ1n) is 11.1. The number of fused-ring (bicyclic) bond motifs is 1. The first-order valence-corrected chi connectivity index (χ1v) is 11.1. The summed E-state index contributed by atoms with van der Waals surface area (Å²) in [6, 6.07) is 14.3. The Labute approximate surface area is 193 Å².